The third-order valence-corrected chi connectivity index (χ3v) is 4.53. The van der Waals surface area contributed by atoms with E-state index < -0.39 is 23.8 Å². The third kappa shape index (κ3) is 3.83. The normalized spacial score (nSPS) is 13.1. The Morgan fingerprint density at radius 2 is 1.89 bits per heavy atom. The van der Waals surface area contributed by atoms with Gasteiger partial charge in [0.05, 0.1) is 12.7 Å². The number of nitrogens with one attached hydrogen (secondary N) is 1. The zero-order valence-corrected chi connectivity index (χ0v) is 14.9. The highest BCUT2D eigenvalue weighted by Gasteiger charge is 2.38. The van der Waals surface area contributed by atoms with Gasteiger partial charge in [-0.3, -0.25) is 4.90 Å². The number of carbonyl (C=O) groups is 1. The van der Waals surface area contributed by atoms with Crippen LogP contribution in [0.3, 0.4) is 0 Å². The summed E-state index contributed by atoms with van der Waals surface area (Å²) in [5.41, 5.74) is 0.855. The van der Waals surface area contributed by atoms with E-state index in [-0.39, 0.29) is 12.1 Å². The van der Waals surface area contributed by atoms with E-state index in [1.54, 1.807) is 18.1 Å². The van der Waals surface area contributed by atoms with Crippen molar-refractivity contribution in [2.24, 2.45) is 0 Å². The van der Waals surface area contributed by atoms with Crippen LogP contribution in [-0.4, -0.2) is 30.0 Å². The maximum atomic E-state index is 13.5. The van der Waals surface area contributed by atoms with E-state index in [4.69, 9.17) is 4.74 Å². The maximum Gasteiger partial charge on any atom is 0.416 e. The molecule has 3 aromatic rings. The summed E-state index contributed by atoms with van der Waals surface area (Å²) in [6.07, 6.45) is -2.77. The molecular formula is C20H19F3N2O2. The van der Waals surface area contributed by atoms with Crippen molar-refractivity contribution in [1.29, 1.82) is 0 Å². The molecule has 0 aliphatic heterocycles. The smallest absolute Gasteiger partial charge is 0.416 e. The van der Waals surface area contributed by atoms with Crippen molar-refractivity contribution >= 4 is 16.9 Å². The van der Waals surface area contributed by atoms with Crippen LogP contribution in [0.4, 0.5) is 13.2 Å². The first kappa shape index (κ1) is 19.0. The summed E-state index contributed by atoms with van der Waals surface area (Å²) in [4.78, 5) is 17.1. The molecule has 0 saturated carbocycles. The Morgan fingerprint density at radius 1 is 1.15 bits per heavy atom. The Kier molecular flexibility index (Phi) is 5.23. The second-order valence-corrected chi connectivity index (χ2v) is 6.28. The van der Waals surface area contributed by atoms with E-state index in [9.17, 15) is 18.0 Å². The van der Waals surface area contributed by atoms with Crippen LogP contribution < -0.4 is 0 Å². The van der Waals surface area contributed by atoms with Gasteiger partial charge >= 0.3 is 12.1 Å². The summed E-state index contributed by atoms with van der Waals surface area (Å²) in [6, 6.07) is 11.5. The molecule has 0 aliphatic carbocycles. The Labute approximate surface area is 154 Å². The van der Waals surface area contributed by atoms with Crippen LogP contribution in [0.15, 0.2) is 54.7 Å². The van der Waals surface area contributed by atoms with E-state index >= 15 is 0 Å². The highest BCUT2D eigenvalue weighted by atomic mass is 19.4. The van der Waals surface area contributed by atoms with Crippen LogP contribution >= 0.6 is 0 Å². The molecule has 3 rings (SSSR count). The summed E-state index contributed by atoms with van der Waals surface area (Å²) in [7, 11) is 2.78. The zero-order chi connectivity index (χ0) is 19.6. The predicted octanol–water partition coefficient (Wildman–Crippen LogP) is 4.53. The molecule has 0 amide bonds. The van der Waals surface area contributed by atoms with Crippen molar-refractivity contribution in [3.05, 3.63) is 71.4 Å². The molecule has 0 radical (unpaired) electrons. The second-order valence-electron chi connectivity index (χ2n) is 6.28. The van der Waals surface area contributed by atoms with E-state index in [2.05, 4.69) is 4.98 Å². The number of aromatic amines is 1. The number of methoxy groups -OCH3 is 1. The molecule has 0 spiro atoms. The van der Waals surface area contributed by atoms with E-state index in [1.165, 1.54) is 25.3 Å². The number of likely N-dealkylation sites (N-methyl/N-ethyl adjacent to an activating group) is 1. The lowest BCUT2D eigenvalue weighted by Crippen LogP contribution is -2.33. The molecule has 7 heteroatoms. The summed E-state index contributed by atoms with van der Waals surface area (Å²) >= 11 is 0. The van der Waals surface area contributed by atoms with Crippen LogP contribution in [0, 0.1) is 0 Å². The lowest BCUT2D eigenvalue weighted by atomic mass is 9.98. The van der Waals surface area contributed by atoms with E-state index in [1.807, 2.05) is 24.3 Å². The highest BCUT2D eigenvalue weighted by molar-refractivity contribution is 5.83. The number of halogens is 3. The minimum absolute atomic E-state index is 0.124. The molecule has 0 saturated heterocycles. The van der Waals surface area contributed by atoms with Gasteiger partial charge in [-0.05, 0) is 36.4 Å². The number of rotatable bonds is 5. The Balaban J connectivity index is 2.01. The van der Waals surface area contributed by atoms with Gasteiger partial charge in [0.1, 0.15) is 6.04 Å². The number of carbonyl (C=O) groups excluding carboxylic acids is 1. The SMILES string of the molecule is COC(=O)C(c1ccccc1C(F)(F)F)N(C)Cc1cccc2[nH]ccc12. The summed E-state index contributed by atoms with van der Waals surface area (Å²) in [6.45, 7) is 0.279. The number of H-pyrrole nitrogens is 1. The monoisotopic (exact) mass is 376 g/mol. The summed E-state index contributed by atoms with van der Waals surface area (Å²) in [5, 5.41) is 0.956. The Morgan fingerprint density at radius 3 is 2.59 bits per heavy atom. The number of nitrogens with zero attached hydrogens (tertiary/aromatic N) is 1. The van der Waals surface area contributed by atoms with Gasteiger partial charge in [0, 0.05) is 23.6 Å². The first-order valence-electron chi connectivity index (χ1n) is 8.32. The first-order valence-corrected chi connectivity index (χ1v) is 8.32. The van der Waals surface area contributed by atoms with Crippen LogP contribution in [0.2, 0.25) is 0 Å². The molecule has 0 aliphatic rings. The molecule has 1 unspecified atom stereocenters. The molecule has 4 nitrogen and oxygen atoms in total. The van der Waals surface area contributed by atoms with Gasteiger partial charge in [0.15, 0.2) is 0 Å². The quantitative estimate of drug-likeness (QED) is 0.666. The van der Waals surface area contributed by atoms with Crippen molar-refractivity contribution < 1.29 is 22.7 Å². The number of aromatic nitrogens is 1. The van der Waals surface area contributed by atoms with Gasteiger partial charge in [0.25, 0.3) is 0 Å². The summed E-state index contributed by atoms with van der Waals surface area (Å²) in [5.74, 6) is -0.740. The Bertz CT molecular complexity index is 950. The average molecular weight is 376 g/mol. The minimum atomic E-state index is -4.57. The van der Waals surface area contributed by atoms with Crippen molar-refractivity contribution in [2.45, 2.75) is 18.8 Å². The van der Waals surface area contributed by atoms with E-state index in [0.29, 0.717) is 0 Å². The molecule has 1 atom stereocenters. The van der Waals surface area contributed by atoms with Gasteiger partial charge < -0.3 is 9.72 Å². The van der Waals surface area contributed by atoms with Crippen LogP contribution in [0.25, 0.3) is 10.9 Å². The molecule has 2 aromatic carbocycles. The van der Waals surface area contributed by atoms with Gasteiger partial charge in [-0.1, -0.05) is 30.3 Å². The number of fused-ring (bicyclic) bond motifs is 1. The van der Waals surface area contributed by atoms with Crippen molar-refractivity contribution in [2.75, 3.05) is 14.2 Å². The predicted molar refractivity (Wildman–Crippen MR) is 96.0 cm³/mol. The number of esters is 1. The standard InChI is InChI=1S/C20H19F3N2O2/c1-25(12-13-6-5-9-17-14(13)10-11-24-17)18(19(26)27-2)15-7-3-4-8-16(15)20(21,22)23/h3-11,18,24H,12H2,1-2H3. The fourth-order valence-electron chi connectivity index (χ4n) is 3.30. The van der Waals surface area contributed by atoms with Crippen molar-refractivity contribution in [3.8, 4) is 0 Å². The molecule has 1 aromatic heterocycles. The molecular weight excluding hydrogens is 357 g/mol. The Hall–Kier alpha value is -2.80. The average Bonchev–Trinajstić information content (AvgIpc) is 3.11. The molecule has 142 valence electrons. The number of ether oxygens (including phenoxy) is 1. The molecule has 0 fully saturated rings. The topological polar surface area (TPSA) is 45.3 Å². The fourth-order valence-corrected chi connectivity index (χ4v) is 3.30. The van der Waals surface area contributed by atoms with Crippen LogP contribution in [0.1, 0.15) is 22.7 Å². The number of alkyl halides is 3. The van der Waals surface area contributed by atoms with Gasteiger partial charge in [0.2, 0.25) is 0 Å². The van der Waals surface area contributed by atoms with Crippen LogP contribution in [0.5, 0.6) is 0 Å². The third-order valence-electron chi connectivity index (χ3n) is 4.53. The first-order chi connectivity index (χ1) is 12.8. The van der Waals surface area contributed by atoms with Gasteiger partial charge in [-0.2, -0.15) is 13.2 Å². The van der Waals surface area contributed by atoms with Crippen molar-refractivity contribution in [1.82, 2.24) is 9.88 Å². The molecule has 1 heterocycles. The highest BCUT2D eigenvalue weighted by Crippen LogP contribution is 2.37. The van der Waals surface area contributed by atoms with Crippen molar-refractivity contribution in [3.63, 3.8) is 0 Å². The number of hydrogen-bond acceptors (Lipinski definition) is 3. The number of benzene rings is 2. The summed E-state index contributed by atoms with van der Waals surface area (Å²) < 4.78 is 45.2. The lowest BCUT2D eigenvalue weighted by Gasteiger charge is -2.28. The largest absolute Gasteiger partial charge is 0.468 e. The van der Waals surface area contributed by atoms with Gasteiger partial charge in [-0.15, -0.1) is 0 Å². The lowest BCUT2D eigenvalue weighted by molar-refractivity contribution is -0.148. The zero-order valence-electron chi connectivity index (χ0n) is 14.9. The number of hydrogen-bond donors (Lipinski definition) is 1. The maximum absolute atomic E-state index is 13.5. The second kappa shape index (κ2) is 7.44. The molecule has 1 N–H and O–H groups in total. The van der Waals surface area contributed by atoms with E-state index in [0.717, 1.165) is 22.5 Å². The minimum Gasteiger partial charge on any atom is -0.468 e. The molecule has 27 heavy (non-hydrogen) atoms. The molecule has 0 bridgehead atoms. The van der Waals surface area contributed by atoms with Crippen LogP contribution in [-0.2, 0) is 22.3 Å². The fraction of sp³-hybridized carbons (Fsp3) is 0.250. The van der Waals surface area contributed by atoms with Gasteiger partial charge in [-0.25, -0.2) is 4.79 Å².